The van der Waals surface area contributed by atoms with E-state index in [0.717, 1.165) is 11.3 Å². The zero-order valence-electron chi connectivity index (χ0n) is 28.2. The molecule has 11 nitrogen and oxygen atoms in total. The molecule has 3 aromatic carbocycles. The first-order valence-electron chi connectivity index (χ1n) is 16.4. The second-order valence-corrected chi connectivity index (χ2v) is 14.3. The van der Waals surface area contributed by atoms with E-state index in [0.29, 0.717) is 66.3 Å². The molecule has 2 amide bonds. The number of aliphatic imine (C=N–C) groups is 1. The third-order valence-electron chi connectivity index (χ3n) is 9.19. The molecular weight excluding hydrogens is 695 g/mol. The topological polar surface area (TPSA) is 120 Å². The van der Waals surface area contributed by atoms with Crippen LogP contribution in [0.1, 0.15) is 36.0 Å². The van der Waals surface area contributed by atoms with E-state index in [1.807, 2.05) is 58.8 Å². The summed E-state index contributed by atoms with van der Waals surface area (Å²) in [6, 6.07) is 17.7. The number of aromatic nitrogens is 1. The van der Waals surface area contributed by atoms with Crippen LogP contribution in [0.4, 0.5) is 14.9 Å². The summed E-state index contributed by atoms with van der Waals surface area (Å²) in [7, 11) is 1.31. The fourth-order valence-electron chi connectivity index (χ4n) is 6.58. The molecule has 0 saturated carbocycles. The number of fused-ring (bicyclic) bond motifs is 1. The summed E-state index contributed by atoms with van der Waals surface area (Å²) in [4.78, 5) is 42.0. The first-order valence-corrected chi connectivity index (χ1v) is 17.7. The normalized spacial score (nSPS) is 19.5. The third-order valence-corrected chi connectivity index (χ3v) is 10.3. The fraction of sp³-hybridized carbons (Fsp3) is 0.297. The van der Waals surface area contributed by atoms with Crippen molar-refractivity contribution in [3.05, 3.63) is 117 Å². The number of aliphatic hydroxyl groups is 1. The summed E-state index contributed by atoms with van der Waals surface area (Å²) in [5, 5.41) is 16.2. The molecular formula is C37H36ClFN6O5S. The van der Waals surface area contributed by atoms with Crippen LogP contribution in [0.15, 0.2) is 94.6 Å². The van der Waals surface area contributed by atoms with E-state index >= 15 is 0 Å². The van der Waals surface area contributed by atoms with Gasteiger partial charge in [0.05, 0.1) is 24.3 Å². The van der Waals surface area contributed by atoms with Crippen molar-refractivity contribution in [3.8, 4) is 11.5 Å². The number of amides is 2. The first-order chi connectivity index (χ1) is 24.5. The quantitative estimate of drug-likeness (QED) is 0.199. The van der Waals surface area contributed by atoms with Gasteiger partial charge in [-0.15, -0.1) is 11.3 Å². The van der Waals surface area contributed by atoms with Crippen LogP contribution in [0.25, 0.3) is 0 Å². The van der Waals surface area contributed by atoms with Crippen LogP contribution in [0.2, 0.25) is 5.02 Å². The highest BCUT2D eigenvalue weighted by molar-refractivity contribution is 7.11. The van der Waals surface area contributed by atoms with Gasteiger partial charge in [0.15, 0.2) is 10.8 Å². The number of amidine groups is 1. The molecule has 2 N–H and O–H groups in total. The summed E-state index contributed by atoms with van der Waals surface area (Å²) in [6.45, 7) is 5.93. The van der Waals surface area contributed by atoms with Crippen molar-refractivity contribution in [1.29, 1.82) is 0 Å². The van der Waals surface area contributed by atoms with E-state index in [4.69, 9.17) is 26.1 Å². The second kappa shape index (κ2) is 14.1. The summed E-state index contributed by atoms with van der Waals surface area (Å²) >= 11 is 7.90. The average Bonchev–Trinajstić information content (AvgIpc) is 3.76. The van der Waals surface area contributed by atoms with Gasteiger partial charge in [-0.3, -0.25) is 14.8 Å². The fourth-order valence-corrected chi connectivity index (χ4v) is 7.44. The highest BCUT2D eigenvalue weighted by atomic mass is 35.5. The molecule has 0 radical (unpaired) electrons. The van der Waals surface area contributed by atoms with Crippen LogP contribution in [-0.2, 0) is 15.1 Å². The van der Waals surface area contributed by atoms with E-state index in [1.54, 1.807) is 24.9 Å². The van der Waals surface area contributed by atoms with Gasteiger partial charge in [0.1, 0.15) is 23.4 Å². The standard InChI is InChI=1S/C37H36ClFN6O5S/c1-37(2,48)22-4-9-26(10-5-22)50-27-11-7-24(8-12-27)45-20-25-19-43(15-16-44(25)36(45)47)21-30-31(35(46)49-3)32(28-13-6-23(39)18-29(28)38)42-33(41-30)34-40-14-17-51-34/h4-14,17-18,25,32,48H,15-16,19-21H2,1-3H3,(H,41,42)/t25-,32?/m0/s1. The van der Waals surface area contributed by atoms with Crippen molar-refractivity contribution >= 4 is 46.5 Å². The Kier molecular flexibility index (Phi) is 9.55. The maximum absolute atomic E-state index is 14.0. The molecule has 2 atom stereocenters. The van der Waals surface area contributed by atoms with Gasteiger partial charge < -0.3 is 24.8 Å². The molecule has 1 unspecified atom stereocenters. The minimum absolute atomic E-state index is 0.0648. The largest absolute Gasteiger partial charge is 0.466 e. The van der Waals surface area contributed by atoms with Crippen molar-refractivity contribution in [2.45, 2.75) is 31.5 Å². The Bertz CT molecular complexity index is 2000. The van der Waals surface area contributed by atoms with Crippen LogP contribution >= 0.6 is 22.9 Å². The second-order valence-electron chi connectivity index (χ2n) is 13.0. The average molecular weight is 731 g/mol. The lowest BCUT2D eigenvalue weighted by Crippen LogP contribution is -2.53. The lowest BCUT2D eigenvalue weighted by Gasteiger charge is -2.38. The number of hydrogen-bond donors (Lipinski definition) is 2. The maximum atomic E-state index is 14.0. The summed E-state index contributed by atoms with van der Waals surface area (Å²) < 4.78 is 25.3. The number of piperazine rings is 1. The lowest BCUT2D eigenvalue weighted by molar-refractivity contribution is -0.136. The zero-order chi connectivity index (χ0) is 35.9. The molecule has 264 valence electrons. The van der Waals surface area contributed by atoms with E-state index in [2.05, 4.69) is 15.2 Å². The highest BCUT2D eigenvalue weighted by Gasteiger charge is 2.42. The molecule has 0 aliphatic carbocycles. The molecule has 0 bridgehead atoms. The van der Waals surface area contributed by atoms with E-state index < -0.39 is 23.4 Å². The van der Waals surface area contributed by atoms with Gasteiger partial charge in [-0.2, -0.15) is 0 Å². The van der Waals surface area contributed by atoms with Crippen LogP contribution in [0.3, 0.4) is 0 Å². The van der Waals surface area contributed by atoms with Crippen molar-refractivity contribution in [3.63, 3.8) is 0 Å². The molecule has 51 heavy (non-hydrogen) atoms. The summed E-state index contributed by atoms with van der Waals surface area (Å²) in [5.41, 5.74) is 1.93. The molecule has 2 saturated heterocycles. The Morgan fingerprint density at radius 3 is 2.45 bits per heavy atom. The maximum Gasteiger partial charge on any atom is 0.338 e. The van der Waals surface area contributed by atoms with Gasteiger partial charge in [-0.05, 0) is 67.9 Å². The molecule has 3 aliphatic rings. The summed E-state index contributed by atoms with van der Waals surface area (Å²) in [5.74, 6) is 0.658. The number of hydrogen-bond acceptors (Lipinski definition) is 10. The molecule has 1 aromatic heterocycles. The van der Waals surface area contributed by atoms with Crippen LogP contribution in [0.5, 0.6) is 11.5 Å². The zero-order valence-corrected chi connectivity index (χ0v) is 29.7. The number of benzene rings is 3. The van der Waals surface area contributed by atoms with Crippen molar-refractivity contribution in [1.82, 2.24) is 20.1 Å². The number of urea groups is 1. The SMILES string of the molecule is COC(=O)C1=C(CN2CCN3C(=O)N(c4ccc(Oc5ccc(C(C)(C)O)cc5)cc4)C[C@@H]3C2)NC(c2nccs2)=NC1c1ccc(F)cc1Cl. The molecule has 0 spiro atoms. The number of rotatable bonds is 9. The van der Waals surface area contributed by atoms with Gasteiger partial charge in [-0.25, -0.2) is 19.0 Å². The van der Waals surface area contributed by atoms with Gasteiger partial charge in [-0.1, -0.05) is 29.8 Å². The minimum Gasteiger partial charge on any atom is -0.466 e. The number of carbonyl (C=O) groups excluding carboxylic acids is 2. The van der Waals surface area contributed by atoms with Crippen LogP contribution in [0, 0.1) is 5.82 Å². The number of nitrogens with zero attached hydrogens (tertiary/aromatic N) is 5. The minimum atomic E-state index is -0.938. The number of esters is 1. The molecule has 14 heteroatoms. The number of methoxy groups -OCH3 is 1. The molecule has 2 fully saturated rings. The van der Waals surface area contributed by atoms with E-state index in [1.165, 1.54) is 36.6 Å². The molecule has 3 aliphatic heterocycles. The number of halogens is 2. The third kappa shape index (κ3) is 7.20. The van der Waals surface area contributed by atoms with Crippen molar-refractivity contribution in [2.24, 2.45) is 4.99 Å². The number of anilines is 1. The van der Waals surface area contributed by atoms with Crippen molar-refractivity contribution in [2.75, 3.05) is 44.7 Å². The Labute approximate surface area is 303 Å². The number of carbonyl (C=O) groups is 2. The van der Waals surface area contributed by atoms with E-state index in [9.17, 15) is 19.1 Å². The van der Waals surface area contributed by atoms with Gasteiger partial charge >= 0.3 is 12.0 Å². The summed E-state index contributed by atoms with van der Waals surface area (Å²) in [6.07, 6.45) is 1.67. The van der Waals surface area contributed by atoms with Gasteiger partial charge in [0.2, 0.25) is 0 Å². The number of nitrogens with one attached hydrogen (secondary N) is 1. The molecule has 4 aromatic rings. The smallest absolute Gasteiger partial charge is 0.338 e. The Morgan fingerprint density at radius 1 is 1.08 bits per heavy atom. The first kappa shape index (κ1) is 34.6. The van der Waals surface area contributed by atoms with Gasteiger partial charge in [0.25, 0.3) is 0 Å². The Hall–Kier alpha value is -4.82. The predicted molar refractivity (Wildman–Crippen MR) is 193 cm³/mol. The number of thiazole rings is 1. The van der Waals surface area contributed by atoms with Crippen LogP contribution < -0.4 is 15.0 Å². The van der Waals surface area contributed by atoms with E-state index in [-0.39, 0.29) is 22.7 Å². The highest BCUT2D eigenvalue weighted by Crippen LogP contribution is 2.37. The Morgan fingerprint density at radius 2 is 1.80 bits per heavy atom. The molecule has 7 rings (SSSR count). The lowest BCUT2D eigenvalue weighted by atomic mass is 9.95. The molecule has 4 heterocycles. The monoisotopic (exact) mass is 730 g/mol. The van der Waals surface area contributed by atoms with Crippen LogP contribution in [-0.4, -0.2) is 83.6 Å². The van der Waals surface area contributed by atoms with Gasteiger partial charge in [0, 0.05) is 66.3 Å². The number of ether oxygens (including phenoxy) is 2. The van der Waals surface area contributed by atoms with Crippen molar-refractivity contribution < 1.29 is 28.6 Å². The predicted octanol–water partition coefficient (Wildman–Crippen LogP) is 6.10. The Balaban J connectivity index is 1.08.